The third-order valence-corrected chi connectivity index (χ3v) is 4.51. The molecule has 0 bridgehead atoms. The lowest BCUT2D eigenvalue weighted by atomic mass is 10.1. The minimum atomic E-state index is -0.108. The van der Waals surface area contributed by atoms with Gasteiger partial charge in [-0.15, -0.1) is 11.8 Å². The molecule has 0 aliphatic rings. The van der Waals surface area contributed by atoms with Gasteiger partial charge in [0.05, 0.1) is 5.25 Å². The minimum Gasteiger partial charge on any atom is -0.293 e. The first kappa shape index (κ1) is 15.1. The highest BCUT2D eigenvalue weighted by molar-refractivity contribution is 8.00. The van der Waals surface area contributed by atoms with E-state index < -0.39 is 0 Å². The van der Waals surface area contributed by atoms with Gasteiger partial charge in [0, 0.05) is 15.5 Å². The van der Waals surface area contributed by atoms with Gasteiger partial charge in [0.25, 0.3) is 0 Å². The van der Waals surface area contributed by atoms with Crippen LogP contribution in [0.5, 0.6) is 0 Å². The number of hydrogen-bond acceptors (Lipinski definition) is 2. The summed E-state index contributed by atoms with van der Waals surface area (Å²) in [6.07, 6.45) is 0.990. The Morgan fingerprint density at radius 1 is 1.10 bits per heavy atom. The second-order valence-electron chi connectivity index (χ2n) is 4.63. The fourth-order valence-corrected chi connectivity index (χ4v) is 2.98. The normalized spacial score (nSPS) is 12.2. The maximum atomic E-state index is 12.4. The molecular formula is C17H17ClOS. The Hall–Kier alpha value is -1.25. The van der Waals surface area contributed by atoms with E-state index in [9.17, 15) is 4.79 Å². The molecule has 0 N–H and O–H groups in total. The lowest BCUT2D eigenvalue weighted by Gasteiger charge is -2.10. The van der Waals surface area contributed by atoms with Gasteiger partial charge in [-0.25, -0.2) is 0 Å². The van der Waals surface area contributed by atoms with Gasteiger partial charge in [0.15, 0.2) is 5.78 Å². The first-order valence-corrected chi connectivity index (χ1v) is 7.91. The van der Waals surface area contributed by atoms with Crippen LogP contribution < -0.4 is 0 Å². The van der Waals surface area contributed by atoms with Gasteiger partial charge in [-0.3, -0.25) is 4.79 Å². The van der Waals surface area contributed by atoms with E-state index in [4.69, 9.17) is 11.6 Å². The summed E-state index contributed by atoms with van der Waals surface area (Å²) < 4.78 is 0. The highest BCUT2D eigenvalue weighted by atomic mass is 35.5. The molecule has 20 heavy (non-hydrogen) atoms. The van der Waals surface area contributed by atoms with Crippen LogP contribution in [0, 0.1) is 0 Å². The molecule has 0 saturated heterocycles. The number of ketones is 1. The molecular weight excluding hydrogens is 288 g/mol. The number of halogens is 1. The summed E-state index contributed by atoms with van der Waals surface area (Å²) in [5.74, 6) is 0.160. The van der Waals surface area contributed by atoms with E-state index >= 15 is 0 Å². The molecule has 2 rings (SSSR count). The fraction of sp³-hybridized carbons (Fsp3) is 0.235. The summed E-state index contributed by atoms with van der Waals surface area (Å²) in [4.78, 5) is 13.4. The third-order valence-electron chi connectivity index (χ3n) is 3.14. The van der Waals surface area contributed by atoms with Crippen molar-refractivity contribution in [3.8, 4) is 0 Å². The Kier molecular flexibility index (Phi) is 5.27. The summed E-state index contributed by atoms with van der Waals surface area (Å²) in [6, 6.07) is 15.4. The molecule has 104 valence electrons. The van der Waals surface area contributed by atoms with Crippen LogP contribution in [0.4, 0.5) is 0 Å². The molecule has 0 aliphatic heterocycles. The maximum Gasteiger partial charge on any atom is 0.175 e. The first-order chi connectivity index (χ1) is 9.60. The summed E-state index contributed by atoms with van der Waals surface area (Å²) in [6.45, 7) is 4.05. The van der Waals surface area contributed by atoms with E-state index in [1.807, 2.05) is 55.5 Å². The number of thioether (sulfide) groups is 1. The molecule has 0 aromatic heterocycles. The molecule has 1 atom stereocenters. The van der Waals surface area contributed by atoms with Crippen LogP contribution in [0.3, 0.4) is 0 Å². The summed E-state index contributed by atoms with van der Waals surface area (Å²) in [5.41, 5.74) is 2.02. The molecule has 0 radical (unpaired) electrons. The van der Waals surface area contributed by atoms with E-state index in [0.29, 0.717) is 5.02 Å². The summed E-state index contributed by atoms with van der Waals surface area (Å²) in [5, 5.41) is 0.604. The second kappa shape index (κ2) is 6.96. The van der Waals surface area contributed by atoms with Crippen LogP contribution in [0.2, 0.25) is 5.02 Å². The van der Waals surface area contributed by atoms with Gasteiger partial charge >= 0.3 is 0 Å². The largest absolute Gasteiger partial charge is 0.293 e. The maximum absolute atomic E-state index is 12.4. The number of hydrogen-bond donors (Lipinski definition) is 0. The smallest absolute Gasteiger partial charge is 0.175 e. The minimum absolute atomic E-state index is 0.108. The molecule has 0 saturated carbocycles. The standard InChI is InChI=1S/C17H17ClOS/c1-3-13-4-6-14(7-5-13)17(19)12(2)20-16-10-8-15(18)9-11-16/h4-12H,3H2,1-2H3. The van der Waals surface area contributed by atoms with Crippen LogP contribution in [0.25, 0.3) is 0 Å². The molecule has 3 heteroatoms. The van der Waals surface area contributed by atoms with Gasteiger partial charge in [0.2, 0.25) is 0 Å². The Labute approximate surface area is 129 Å². The van der Waals surface area contributed by atoms with Gasteiger partial charge in [0.1, 0.15) is 0 Å². The Morgan fingerprint density at radius 2 is 1.70 bits per heavy atom. The van der Waals surface area contributed by atoms with Crippen molar-refractivity contribution in [2.24, 2.45) is 0 Å². The van der Waals surface area contributed by atoms with Crippen LogP contribution in [-0.2, 0) is 6.42 Å². The van der Waals surface area contributed by atoms with E-state index in [1.54, 1.807) is 11.8 Å². The Balaban J connectivity index is 2.05. The van der Waals surface area contributed by atoms with Crippen LogP contribution in [0.1, 0.15) is 29.8 Å². The molecule has 1 unspecified atom stereocenters. The molecule has 0 spiro atoms. The molecule has 0 aliphatic carbocycles. The Morgan fingerprint density at radius 3 is 2.25 bits per heavy atom. The van der Waals surface area contributed by atoms with E-state index in [-0.39, 0.29) is 11.0 Å². The van der Waals surface area contributed by atoms with Crippen molar-refractivity contribution in [2.75, 3.05) is 0 Å². The molecule has 0 fully saturated rings. The number of aryl methyl sites for hydroxylation is 1. The summed E-state index contributed by atoms with van der Waals surface area (Å²) in [7, 11) is 0. The predicted octanol–water partition coefficient (Wildman–Crippen LogP) is 5.27. The fourth-order valence-electron chi connectivity index (χ4n) is 1.91. The number of Topliss-reactive ketones (excluding diaryl/α,β-unsaturated/α-hetero) is 1. The van der Waals surface area contributed by atoms with Gasteiger partial charge in [-0.05, 0) is 43.2 Å². The average molecular weight is 305 g/mol. The lowest BCUT2D eigenvalue weighted by molar-refractivity contribution is 0.0994. The zero-order valence-corrected chi connectivity index (χ0v) is 13.2. The van der Waals surface area contributed by atoms with Gasteiger partial charge in [-0.1, -0.05) is 42.8 Å². The predicted molar refractivity (Wildman–Crippen MR) is 86.9 cm³/mol. The number of carbonyl (C=O) groups excluding carboxylic acids is 1. The van der Waals surface area contributed by atoms with Crippen molar-refractivity contribution in [2.45, 2.75) is 30.4 Å². The van der Waals surface area contributed by atoms with Crippen molar-refractivity contribution in [3.63, 3.8) is 0 Å². The Bertz CT molecular complexity index is 575. The van der Waals surface area contributed by atoms with Gasteiger partial charge < -0.3 is 0 Å². The van der Waals surface area contributed by atoms with Gasteiger partial charge in [-0.2, -0.15) is 0 Å². The summed E-state index contributed by atoms with van der Waals surface area (Å²) >= 11 is 7.42. The highest BCUT2D eigenvalue weighted by Crippen LogP contribution is 2.26. The van der Waals surface area contributed by atoms with Crippen molar-refractivity contribution in [3.05, 3.63) is 64.7 Å². The molecule has 2 aromatic rings. The molecule has 2 aromatic carbocycles. The number of carbonyl (C=O) groups is 1. The van der Waals surface area contributed by atoms with E-state index in [0.717, 1.165) is 16.9 Å². The van der Waals surface area contributed by atoms with Crippen LogP contribution >= 0.6 is 23.4 Å². The third kappa shape index (κ3) is 3.87. The van der Waals surface area contributed by atoms with Crippen molar-refractivity contribution >= 4 is 29.1 Å². The number of benzene rings is 2. The zero-order valence-electron chi connectivity index (χ0n) is 11.6. The van der Waals surface area contributed by atoms with Crippen molar-refractivity contribution < 1.29 is 4.79 Å². The highest BCUT2D eigenvalue weighted by Gasteiger charge is 2.16. The number of rotatable bonds is 5. The second-order valence-corrected chi connectivity index (χ2v) is 6.48. The zero-order chi connectivity index (χ0) is 14.5. The SMILES string of the molecule is CCc1ccc(C(=O)C(C)Sc2ccc(Cl)cc2)cc1. The van der Waals surface area contributed by atoms with Crippen LogP contribution in [0.15, 0.2) is 53.4 Å². The first-order valence-electron chi connectivity index (χ1n) is 6.65. The molecule has 0 amide bonds. The lowest BCUT2D eigenvalue weighted by Crippen LogP contribution is -2.13. The topological polar surface area (TPSA) is 17.1 Å². The van der Waals surface area contributed by atoms with E-state index in [1.165, 1.54) is 5.56 Å². The molecule has 0 heterocycles. The van der Waals surface area contributed by atoms with E-state index in [2.05, 4.69) is 6.92 Å². The van der Waals surface area contributed by atoms with Crippen LogP contribution in [-0.4, -0.2) is 11.0 Å². The average Bonchev–Trinajstić information content (AvgIpc) is 2.49. The molecule has 1 nitrogen and oxygen atoms in total. The van der Waals surface area contributed by atoms with Crippen molar-refractivity contribution in [1.29, 1.82) is 0 Å². The van der Waals surface area contributed by atoms with Crippen molar-refractivity contribution in [1.82, 2.24) is 0 Å². The quantitative estimate of drug-likeness (QED) is 0.553. The monoisotopic (exact) mass is 304 g/mol.